The van der Waals surface area contributed by atoms with Crippen LogP contribution >= 0.6 is 11.6 Å². The number of nitrogens with two attached hydrogens (primary N) is 1. The molecule has 0 saturated heterocycles. The zero-order valence-corrected chi connectivity index (χ0v) is 15.1. The molecule has 0 radical (unpaired) electrons. The average molecular weight is 365 g/mol. The zero-order valence-electron chi connectivity index (χ0n) is 14.4. The Bertz CT molecular complexity index is 1150. The summed E-state index contributed by atoms with van der Waals surface area (Å²) in [6, 6.07) is 20.1. The molecular weight excluding hydrogens is 346 g/mol. The molecule has 0 spiro atoms. The standard InChI is InChI=1S/C21H18ClN3O/c1-13(16-8-4-6-14-5-2-3-7-17(14)16)23-12-20-24-19-11-15(22)9-10-18(19)21(26)25-20/h2-11,13,23H,12H2,1H3,(H,24,25,26)/p+1/t13-/m1/s1. The van der Waals surface area contributed by atoms with E-state index in [0.29, 0.717) is 28.3 Å². The van der Waals surface area contributed by atoms with Crippen molar-refractivity contribution >= 4 is 33.3 Å². The Morgan fingerprint density at radius 2 is 1.88 bits per heavy atom. The number of hydrogen-bond donors (Lipinski definition) is 2. The summed E-state index contributed by atoms with van der Waals surface area (Å²) in [5.74, 6) is 0.650. The van der Waals surface area contributed by atoms with E-state index in [1.165, 1.54) is 16.3 Å². The zero-order chi connectivity index (χ0) is 18.1. The van der Waals surface area contributed by atoms with E-state index in [1.807, 2.05) is 0 Å². The van der Waals surface area contributed by atoms with E-state index < -0.39 is 0 Å². The first kappa shape index (κ1) is 16.8. The molecule has 3 N–H and O–H groups in total. The second-order valence-electron chi connectivity index (χ2n) is 6.47. The molecule has 0 unspecified atom stereocenters. The largest absolute Gasteiger partial charge is 0.334 e. The van der Waals surface area contributed by atoms with Gasteiger partial charge in [-0.2, -0.15) is 0 Å². The van der Waals surface area contributed by atoms with Crippen LogP contribution in [0.2, 0.25) is 5.02 Å². The number of rotatable bonds is 4. The lowest BCUT2D eigenvalue weighted by atomic mass is 10.00. The minimum Gasteiger partial charge on any atom is -0.334 e. The van der Waals surface area contributed by atoms with Crippen LogP contribution in [0.15, 0.2) is 65.5 Å². The number of fused-ring (bicyclic) bond motifs is 2. The highest BCUT2D eigenvalue weighted by Gasteiger charge is 2.13. The molecule has 0 amide bonds. The highest BCUT2D eigenvalue weighted by atomic mass is 35.5. The summed E-state index contributed by atoms with van der Waals surface area (Å²) >= 11 is 6.03. The van der Waals surface area contributed by atoms with E-state index in [9.17, 15) is 4.79 Å². The maximum atomic E-state index is 12.2. The van der Waals surface area contributed by atoms with Gasteiger partial charge in [-0.05, 0) is 35.9 Å². The van der Waals surface area contributed by atoms with Gasteiger partial charge in [0, 0.05) is 10.6 Å². The van der Waals surface area contributed by atoms with E-state index in [-0.39, 0.29) is 11.6 Å². The first-order chi connectivity index (χ1) is 12.6. The van der Waals surface area contributed by atoms with Crippen molar-refractivity contribution < 1.29 is 5.32 Å². The number of benzene rings is 3. The van der Waals surface area contributed by atoms with Crippen LogP contribution in [0.3, 0.4) is 0 Å². The first-order valence-electron chi connectivity index (χ1n) is 8.61. The first-order valence-corrected chi connectivity index (χ1v) is 8.99. The smallest absolute Gasteiger partial charge is 0.258 e. The molecule has 1 heterocycles. The molecule has 130 valence electrons. The van der Waals surface area contributed by atoms with Crippen LogP contribution in [-0.4, -0.2) is 9.97 Å². The van der Waals surface area contributed by atoms with Crippen molar-refractivity contribution in [2.75, 3.05) is 0 Å². The van der Waals surface area contributed by atoms with Crippen LogP contribution in [0.5, 0.6) is 0 Å². The van der Waals surface area contributed by atoms with Gasteiger partial charge in [-0.1, -0.05) is 54.1 Å². The maximum Gasteiger partial charge on any atom is 0.258 e. The summed E-state index contributed by atoms with van der Waals surface area (Å²) in [4.78, 5) is 19.7. The lowest BCUT2D eigenvalue weighted by Crippen LogP contribution is -2.83. The van der Waals surface area contributed by atoms with Gasteiger partial charge in [0.15, 0.2) is 5.82 Å². The number of halogens is 1. The fraction of sp³-hybridized carbons (Fsp3) is 0.143. The Labute approximate surface area is 155 Å². The number of hydrogen-bond acceptors (Lipinski definition) is 2. The molecule has 1 aromatic heterocycles. The van der Waals surface area contributed by atoms with Gasteiger partial charge in [-0.25, -0.2) is 4.98 Å². The molecule has 0 bridgehead atoms. The van der Waals surface area contributed by atoms with Crippen molar-refractivity contribution in [2.24, 2.45) is 0 Å². The number of aromatic amines is 1. The van der Waals surface area contributed by atoms with Crippen molar-refractivity contribution in [3.05, 3.63) is 87.4 Å². The number of aromatic nitrogens is 2. The Morgan fingerprint density at radius 1 is 1.08 bits per heavy atom. The fourth-order valence-electron chi connectivity index (χ4n) is 3.32. The number of H-pyrrole nitrogens is 1. The molecular formula is C21H19ClN3O+. The Kier molecular flexibility index (Phi) is 4.45. The molecule has 0 fully saturated rings. The van der Waals surface area contributed by atoms with Crippen LogP contribution in [0.4, 0.5) is 0 Å². The Balaban J connectivity index is 1.60. The van der Waals surface area contributed by atoms with Crippen molar-refractivity contribution in [3.63, 3.8) is 0 Å². The number of nitrogens with one attached hydrogen (secondary N) is 1. The minimum absolute atomic E-state index is 0.132. The molecule has 0 aliphatic heterocycles. The number of nitrogens with zero attached hydrogens (tertiary/aromatic N) is 1. The lowest BCUT2D eigenvalue weighted by molar-refractivity contribution is -0.708. The predicted octanol–water partition coefficient (Wildman–Crippen LogP) is 3.55. The molecule has 0 aliphatic rings. The highest BCUT2D eigenvalue weighted by Crippen LogP contribution is 2.22. The van der Waals surface area contributed by atoms with Gasteiger partial charge >= 0.3 is 0 Å². The van der Waals surface area contributed by atoms with Crippen LogP contribution in [0.25, 0.3) is 21.7 Å². The van der Waals surface area contributed by atoms with E-state index >= 15 is 0 Å². The van der Waals surface area contributed by atoms with Gasteiger partial charge in [-0.3, -0.25) is 4.79 Å². The summed E-state index contributed by atoms with van der Waals surface area (Å²) in [6.07, 6.45) is 0. The Morgan fingerprint density at radius 3 is 2.77 bits per heavy atom. The quantitative estimate of drug-likeness (QED) is 0.581. The summed E-state index contributed by atoms with van der Waals surface area (Å²) in [7, 11) is 0. The molecule has 26 heavy (non-hydrogen) atoms. The molecule has 4 aromatic rings. The fourth-order valence-corrected chi connectivity index (χ4v) is 3.49. The second-order valence-corrected chi connectivity index (χ2v) is 6.91. The van der Waals surface area contributed by atoms with Gasteiger partial charge in [0.05, 0.1) is 10.9 Å². The van der Waals surface area contributed by atoms with Crippen molar-refractivity contribution in [1.82, 2.24) is 9.97 Å². The second kappa shape index (κ2) is 6.90. The molecule has 1 atom stereocenters. The molecule has 0 aliphatic carbocycles. The van der Waals surface area contributed by atoms with Gasteiger partial charge in [0.2, 0.25) is 0 Å². The summed E-state index contributed by atoms with van der Waals surface area (Å²) < 4.78 is 0. The Hall–Kier alpha value is -2.69. The third kappa shape index (κ3) is 3.21. The van der Waals surface area contributed by atoms with Gasteiger partial charge in [-0.15, -0.1) is 0 Å². The van der Waals surface area contributed by atoms with Crippen molar-refractivity contribution in [2.45, 2.75) is 19.5 Å². The maximum absolute atomic E-state index is 12.2. The highest BCUT2D eigenvalue weighted by molar-refractivity contribution is 6.31. The predicted molar refractivity (Wildman–Crippen MR) is 105 cm³/mol. The van der Waals surface area contributed by atoms with Crippen LogP contribution in [0.1, 0.15) is 24.4 Å². The lowest BCUT2D eigenvalue weighted by Gasteiger charge is -2.13. The monoisotopic (exact) mass is 364 g/mol. The number of quaternary nitrogens is 1. The van der Waals surface area contributed by atoms with E-state index in [0.717, 1.165) is 0 Å². The van der Waals surface area contributed by atoms with Gasteiger partial charge in [0.1, 0.15) is 12.6 Å². The summed E-state index contributed by atoms with van der Waals surface area (Å²) in [5.41, 5.74) is 1.77. The molecule has 0 saturated carbocycles. The minimum atomic E-state index is -0.132. The van der Waals surface area contributed by atoms with Gasteiger partial charge in [0.25, 0.3) is 5.56 Å². The van der Waals surface area contributed by atoms with Crippen molar-refractivity contribution in [1.29, 1.82) is 0 Å². The van der Waals surface area contributed by atoms with Crippen LogP contribution < -0.4 is 10.9 Å². The van der Waals surface area contributed by atoms with E-state index in [2.05, 4.69) is 64.7 Å². The summed E-state index contributed by atoms with van der Waals surface area (Å²) in [6.45, 7) is 2.75. The third-order valence-electron chi connectivity index (χ3n) is 4.70. The third-order valence-corrected chi connectivity index (χ3v) is 4.93. The summed E-state index contributed by atoms with van der Waals surface area (Å²) in [5, 5.41) is 5.80. The molecule has 4 nitrogen and oxygen atoms in total. The van der Waals surface area contributed by atoms with Gasteiger partial charge < -0.3 is 10.3 Å². The topological polar surface area (TPSA) is 62.4 Å². The van der Waals surface area contributed by atoms with Crippen molar-refractivity contribution in [3.8, 4) is 0 Å². The van der Waals surface area contributed by atoms with E-state index in [1.54, 1.807) is 18.2 Å². The molecule has 4 rings (SSSR count). The molecule has 3 aromatic carbocycles. The van der Waals surface area contributed by atoms with Crippen LogP contribution in [0, 0.1) is 0 Å². The van der Waals surface area contributed by atoms with E-state index in [4.69, 9.17) is 11.6 Å². The molecule has 5 heteroatoms. The average Bonchev–Trinajstić information content (AvgIpc) is 2.65. The SMILES string of the molecule is C[C@@H]([NH2+]Cc1nc2cc(Cl)ccc2c(=O)[nH]1)c1cccc2ccccc12. The van der Waals surface area contributed by atoms with Crippen LogP contribution in [-0.2, 0) is 6.54 Å². The normalized spacial score (nSPS) is 12.5.